The van der Waals surface area contributed by atoms with Crippen LogP contribution in [-0.2, 0) is 4.79 Å². The smallest absolute Gasteiger partial charge is 0.272 e. The number of benzene rings is 2. The van der Waals surface area contributed by atoms with Crippen LogP contribution in [0.5, 0.6) is 0 Å². The Morgan fingerprint density at radius 1 is 1.12 bits per heavy atom. The summed E-state index contributed by atoms with van der Waals surface area (Å²) in [5.41, 5.74) is 4.51. The molecule has 8 heteroatoms. The minimum atomic E-state index is -0.259. The van der Waals surface area contributed by atoms with Crippen LogP contribution in [0.1, 0.15) is 5.56 Å². The first-order chi connectivity index (χ1) is 12.6. The summed E-state index contributed by atoms with van der Waals surface area (Å²) in [5.74, 6) is 0.726. The van der Waals surface area contributed by atoms with Crippen LogP contribution in [-0.4, -0.2) is 27.0 Å². The predicted molar refractivity (Wildman–Crippen MR) is 105 cm³/mol. The number of nitrogens with zero attached hydrogens (tertiary/aromatic N) is 3. The Bertz CT molecular complexity index is 1070. The number of aromatic nitrogens is 2. The van der Waals surface area contributed by atoms with Crippen molar-refractivity contribution < 1.29 is 4.79 Å². The van der Waals surface area contributed by atoms with E-state index in [1.54, 1.807) is 23.1 Å². The van der Waals surface area contributed by atoms with E-state index in [1.807, 2.05) is 37.3 Å². The van der Waals surface area contributed by atoms with Gasteiger partial charge in [-0.3, -0.25) is 19.9 Å². The highest BCUT2D eigenvalue weighted by molar-refractivity contribution is 8.15. The summed E-state index contributed by atoms with van der Waals surface area (Å²) >= 11 is 1.35. The standard InChI is InChI=1S/C18H15N5O2S/c1-11-6-8-12(9-7-11)23-15(24)10-26-18(23)22-20-16-13-4-2-3-5-14(13)17(25)21-19-16/h2-9H,10H2,1H3,(H,19,20)(H,21,25)/b22-18-. The van der Waals surface area contributed by atoms with E-state index in [4.69, 9.17) is 0 Å². The third-order valence-corrected chi connectivity index (χ3v) is 4.93. The molecule has 1 aromatic heterocycles. The molecule has 1 aliphatic heterocycles. The van der Waals surface area contributed by atoms with Crippen molar-refractivity contribution in [3.05, 3.63) is 64.4 Å². The lowest BCUT2D eigenvalue weighted by Gasteiger charge is -2.16. The lowest BCUT2D eigenvalue weighted by atomic mass is 10.2. The molecule has 2 N–H and O–H groups in total. The Morgan fingerprint density at radius 2 is 1.85 bits per heavy atom. The number of aromatic amines is 1. The van der Waals surface area contributed by atoms with Gasteiger partial charge in [0.2, 0.25) is 5.91 Å². The van der Waals surface area contributed by atoms with E-state index in [9.17, 15) is 9.59 Å². The van der Waals surface area contributed by atoms with Crippen LogP contribution in [0.4, 0.5) is 11.5 Å². The van der Waals surface area contributed by atoms with Crippen molar-refractivity contribution in [1.29, 1.82) is 0 Å². The van der Waals surface area contributed by atoms with Crippen LogP contribution in [0.2, 0.25) is 0 Å². The Balaban J connectivity index is 1.68. The number of amidine groups is 1. The fourth-order valence-corrected chi connectivity index (χ4v) is 3.52. The molecule has 0 unspecified atom stereocenters. The highest BCUT2D eigenvalue weighted by Crippen LogP contribution is 2.27. The number of amides is 1. The molecule has 0 bridgehead atoms. The number of H-pyrrole nitrogens is 1. The summed E-state index contributed by atoms with van der Waals surface area (Å²) in [7, 11) is 0. The first-order valence-electron chi connectivity index (χ1n) is 7.97. The molecular formula is C18H15N5O2S. The summed E-state index contributed by atoms with van der Waals surface area (Å²) in [4.78, 5) is 25.7. The van der Waals surface area contributed by atoms with E-state index in [1.165, 1.54) is 11.8 Å². The number of carbonyl (C=O) groups excluding carboxylic acids is 1. The van der Waals surface area contributed by atoms with Crippen molar-refractivity contribution in [3.63, 3.8) is 0 Å². The number of hydrogen-bond donors (Lipinski definition) is 2. The van der Waals surface area contributed by atoms with E-state index >= 15 is 0 Å². The molecule has 4 rings (SSSR count). The number of aryl methyl sites for hydroxylation is 1. The number of anilines is 2. The molecule has 0 aliphatic carbocycles. The van der Waals surface area contributed by atoms with Gasteiger partial charge in [0.05, 0.1) is 16.8 Å². The van der Waals surface area contributed by atoms with Crippen molar-refractivity contribution in [2.75, 3.05) is 16.1 Å². The van der Waals surface area contributed by atoms with Gasteiger partial charge in [-0.25, -0.2) is 5.10 Å². The molecule has 1 amide bonds. The molecule has 1 aliphatic rings. The summed E-state index contributed by atoms with van der Waals surface area (Å²) in [6, 6.07) is 14.8. The van der Waals surface area contributed by atoms with Gasteiger partial charge in [-0.2, -0.15) is 5.10 Å². The van der Waals surface area contributed by atoms with E-state index in [-0.39, 0.29) is 11.5 Å². The number of hydrogen-bond acceptors (Lipinski definition) is 6. The zero-order chi connectivity index (χ0) is 18.1. The molecule has 0 atom stereocenters. The van der Waals surface area contributed by atoms with Crippen LogP contribution in [0.15, 0.2) is 58.4 Å². The molecule has 0 saturated carbocycles. The monoisotopic (exact) mass is 365 g/mol. The molecule has 7 nitrogen and oxygen atoms in total. The molecule has 1 fully saturated rings. The van der Waals surface area contributed by atoms with Crippen LogP contribution >= 0.6 is 11.8 Å². The SMILES string of the molecule is Cc1ccc(N2C(=O)CS/C2=N\Nc2n[nH]c(=O)c3ccccc23)cc1. The number of nitrogens with one attached hydrogen (secondary N) is 2. The van der Waals surface area contributed by atoms with Gasteiger partial charge in [-0.1, -0.05) is 47.7 Å². The van der Waals surface area contributed by atoms with Crippen molar-refractivity contribution in [3.8, 4) is 0 Å². The zero-order valence-electron chi connectivity index (χ0n) is 13.9. The second-order valence-electron chi connectivity index (χ2n) is 5.81. The number of fused-ring (bicyclic) bond motifs is 1. The lowest BCUT2D eigenvalue weighted by molar-refractivity contribution is -0.115. The Morgan fingerprint density at radius 3 is 2.62 bits per heavy atom. The van der Waals surface area contributed by atoms with Gasteiger partial charge in [0.1, 0.15) is 0 Å². The highest BCUT2D eigenvalue weighted by Gasteiger charge is 2.29. The van der Waals surface area contributed by atoms with Gasteiger partial charge < -0.3 is 0 Å². The van der Waals surface area contributed by atoms with E-state index in [2.05, 4.69) is 20.7 Å². The van der Waals surface area contributed by atoms with Gasteiger partial charge in [0, 0.05) is 5.39 Å². The lowest BCUT2D eigenvalue weighted by Crippen LogP contribution is -2.29. The normalized spacial score (nSPS) is 15.8. The maximum atomic E-state index is 12.3. The van der Waals surface area contributed by atoms with Gasteiger partial charge in [-0.15, -0.1) is 5.10 Å². The summed E-state index contributed by atoms with van der Waals surface area (Å²) < 4.78 is 0. The average molecular weight is 365 g/mol. The second kappa shape index (κ2) is 6.64. The maximum Gasteiger partial charge on any atom is 0.272 e. The second-order valence-corrected chi connectivity index (χ2v) is 6.75. The van der Waals surface area contributed by atoms with Crippen LogP contribution in [0.3, 0.4) is 0 Å². The molecule has 3 aromatic rings. The van der Waals surface area contributed by atoms with Gasteiger partial charge in [-0.05, 0) is 25.1 Å². The third-order valence-electron chi connectivity index (χ3n) is 4.01. The Labute approximate surface area is 153 Å². The minimum Gasteiger partial charge on any atom is -0.273 e. The topological polar surface area (TPSA) is 90.4 Å². The van der Waals surface area contributed by atoms with Crippen molar-refractivity contribution in [1.82, 2.24) is 10.2 Å². The molecule has 1 saturated heterocycles. The molecule has 130 valence electrons. The zero-order valence-corrected chi connectivity index (χ0v) is 14.7. The van der Waals surface area contributed by atoms with Gasteiger partial charge in [0.15, 0.2) is 11.0 Å². The number of hydrazone groups is 1. The van der Waals surface area contributed by atoms with E-state index in [0.717, 1.165) is 11.3 Å². The van der Waals surface area contributed by atoms with Crippen LogP contribution in [0.25, 0.3) is 10.8 Å². The largest absolute Gasteiger partial charge is 0.273 e. The predicted octanol–water partition coefficient (Wildman–Crippen LogP) is 2.69. The van der Waals surface area contributed by atoms with Crippen molar-refractivity contribution in [2.24, 2.45) is 5.10 Å². The van der Waals surface area contributed by atoms with E-state index in [0.29, 0.717) is 27.5 Å². The van der Waals surface area contributed by atoms with Crippen LogP contribution < -0.4 is 15.9 Å². The first kappa shape index (κ1) is 16.3. The van der Waals surface area contributed by atoms with E-state index < -0.39 is 0 Å². The van der Waals surface area contributed by atoms with Crippen LogP contribution in [0, 0.1) is 6.92 Å². The maximum absolute atomic E-state index is 12.3. The minimum absolute atomic E-state index is 0.0290. The summed E-state index contributed by atoms with van der Waals surface area (Å²) in [6.07, 6.45) is 0. The number of rotatable bonds is 3. The van der Waals surface area contributed by atoms with Gasteiger partial charge in [0.25, 0.3) is 5.56 Å². The highest BCUT2D eigenvalue weighted by atomic mass is 32.2. The fraction of sp³-hybridized carbons (Fsp3) is 0.111. The summed E-state index contributed by atoms with van der Waals surface area (Å²) in [5, 5.41) is 12.6. The fourth-order valence-electron chi connectivity index (χ4n) is 2.69. The first-order valence-corrected chi connectivity index (χ1v) is 8.95. The average Bonchev–Trinajstić information content (AvgIpc) is 3.03. The molecule has 0 spiro atoms. The number of thioether (sulfide) groups is 1. The van der Waals surface area contributed by atoms with Crippen molar-refractivity contribution in [2.45, 2.75) is 6.92 Å². The summed E-state index contributed by atoms with van der Waals surface area (Å²) in [6.45, 7) is 1.99. The van der Waals surface area contributed by atoms with Gasteiger partial charge >= 0.3 is 0 Å². The molecule has 26 heavy (non-hydrogen) atoms. The number of carbonyl (C=O) groups is 1. The molecule has 2 aromatic carbocycles. The Kier molecular flexibility index (Phi) is 4.18. The molecule has 0 radical (unpaired) electrons. The Hall–Kier alpha value is -3.13. The third kappa shape index (κ3) is 2.95. The molecule has 2 heterocycles. The van der Waals surface area contributed by atoms with Crippen molar-refractivity contribution >= 4 is 45.1 Å². The quantitative estimate of drug-likeness (QED) is 0.697. The molecular weight excluding hydrogens is 350 g/mol.